The summed E-state index contributed by atoms with van der Waals surface area (Å²) >= 11 is 0. The van der Waals surface area contributed by atoms with Gasteiger partial charge in [-0.15, -0.1) is 0 Å². The SMILES string of the molecule is CCCc1c(-c2cc(=O)c3c(O)cc(OC[C@H](O)CO)cc3o2)ccc(OC)c1O. The van der Waals surface area contributed by atoms with Crippen LogP contribution >= 0.6 is 0 Å². The summed E-state index contributed by atoms with van der Waals surface area (Å²) < 4.78 is 16.4. The molecule has 0 aliphatic carbocycles. The molecular weight excluding hydrogens is 392 g/mol. The fourth-order valence-electron chi connectivity index (χ4n) is 3.22. The number of fused-ring (bicyclic) bond motifs is 1. The van der Waals surface area contributed by atoms with Gasteiger partial charge in [0.1, 0.15) is 40.9 Å². The zero-order chi connectivity index (χ0) is 21.8. The van der Waals surface area contributed by atoms with Crippen molar-refractivity contribution >= 4 is 11.0 Å². The van der Waals surface area contributed by atoms with Crippen LogP contribution in [-0.4, -0.2) is 46.9 Å². The summed E-state index contributed by atoms with van der Waals surface area (Å²) in [6, 6.07) is 7.21. The molecule has 0 radical (unpaired) electrons. The number of hydrogen-bond acceptors (Lipinski definition) is 8. The third kappa shape index (κ3) is 4.19. The van der Waals surface area contributed by atoms with E-state index in [1.165, 1.54) is 25.3 Å². The van der Waals surface area contributed by atoms with E-state index in [0.29, 0.717) is 23.3 Å². The molecule has 0 spiro atoms. The first-order chi connectivity index (χ1) is 14.4. The van der Waals surface area contributed by atoms with E-state index in [1.807, 2.05) is 6.92 Å². The molecule has 4 N–H and O–H groups in total. The van der Waals surface area contributed by atoms with E-state index >= 15 is 0 Å². The molecule has 3 rings (SSSR count). The summed E-state index contributed by atoms with van der Waals surface area (Å²) in [6.45, 7) is 1.29. The molecule has 1 heterocycles. The van der Waals surface area contributed by atoms with Gasteiger partial charge >= 0.3 is 0 Å². The predicted octanol–water partition coefficient (Wildman–Crippen LogP) is 2.56. The molecule has 0 fully saturated rings. The Hall–Kier alpha value is -3.23. The van der Waals surface area contributed by atoms with Crippen LogP contribution in [-0.2, 0) is 6.42 Å². The molecule has 0 amide bonds. The molecule has 1 atom stereocenters. The van der Waals surface area contributed by atoms with Crippen molar-refractivity contribution in [1.82, 2.24) is 0 Å². The van der Waals surface area contributed by atoms with Gasteiger partial charge in [0.15, 0.2) is 16.9 Å². The standard InChI is InChI=1S/C22H24O8/c1-3-4-15-14(5-6-18(28-2)22(15)27)19-9-17(26)21-16(25)7-13(8-20(21)30-19)29-11-12(24)10-23/h5-9,12,23-25,27H,3-4,10-11H2,1-2H3/t12-/m1/s1. The van der Waals surface area contributed by atoms with E-state index < -0.39 is 18.1 Å². The van der Waals surface area contributed by atoms with Gasteiger partial charge in [-0.3, -0.25) is 4.79 Å². The zero-order valence-electron chi connectivity index (χ0n) is 16.7. The van der Waals surface area contributed by atoms with Gasteiger partial charge in [-0.2, -0.15) is 0 Å². The van der Waals surface area contributed by atoms with Gasteiger partial charge in [-0.25, -0.2) is 0 Å². The molecule has 0 aliphatic heterocycles. The van der Waals surface area contributed by atoms with Crippen LogP contribution in [0, 0.1) is 0 Å². The van der Waals surface area contributed by atoms with Crippen molar-refractivity contribution in [2.75, 3.05) is 20.3 Å². The first-order valence-corrected chi connectivity index (χ1v) is 9.51. The first kappa shape index (κ1) is 21.5. The smallest absolute Gasteiger partial charge is 0.197 e. The highest BCUT2D eigenvalue weighted by atomic mass is 16.5. The average Bonchev–Trinajstić information content (AvgIpc) is 2.72. The number of phenols is 2. The average molecular weight is 416 g/mol. The Kier molecular flexibility index (Phi) is 6.49. The molecule has 1 aromatic heterocycles. The topological polar surface area (TPSA) is 130 Å². The van der Waals surface area contributed by atoms with Crippen molar-refractivity contribution < 1.29 is 34.3 Å². The summed E-state index contributed by atoms with van der Waals surface area (Å²) in [6.07, 6.45) is 0.200. The molecular formula is C22H24O8. The summed E-state index contributed by atoms with van der Waals surface area (Å²) in [5.41, 5.74) is 0.755. The van der Waals surface area contributed by atoms with Crippen molar-refractivity contribution in [2.24, 2.45) is 0 Å². The summed E-state index contributed by atoms with van der Waals surface area (Å²) in [5.74, 6) is 0.367. The van der Waals surface area contributed by atoms with E-state index in [4.69, 9.17) is 19.0 Å². The second-order valence-electron chi connectivity index (χ2n) is 6.83. The van der Waals surface area contributed by atoms with Crippen LogP contribution in [0.1, 0.15) is 18.9 Å². The van der Waals surface area contributed by atoms with Crippen LogP contribution in [0.4, 0.5) is 0 Å². The number of rotatable bonds is 8. The highest BCUT2D eigenvalue weighted by Crippen LogP contribution is 2.39. The quantitative estimate of drug-likeness (QED) is 0.441. The van der Waals surface area contributed by atoms with Gasteiger partial charge in [-0.05, 0) is 18.6 Å². The van der Waals surface area contributed by atoms with Crippen LogP contribution in [0.15, 0.2) is 39.5 Å². The lowest BCUT2D eigenvalue weighted by Gasteiger charge is -2.14. The van der Waals surface area contributed by atoms with Crippen molar-refractivity contribution in [3.63, 3.8) is 0 Å². The van der Waals surface area contributed by atoms with Crippen LogP contribution in [0.25, 0.3) is 22.3 Å². The van der Waals surface area contributed by atoms with E-state index in [1.54, 1.807) is 12.1 Å². The molecule has 0 aliphatic rings. The molecule has 8 heteroatoms. The van der Waals surface area contributed by atoms with Crippen molar-refractivity contribution in [3.8, 4) is 34.3 Å². The molecule has 8 nitrogen and oxygen atoms in total. The lowest BCUT2D eigenvalue weighted by molar-refractivity contribution is 0.0535. The maximum Gasteiger partial charge on any atom is 0.197 e. The molecule has 3 aromatic rings. The van der Waals surface area contributed by atoms with Gasteiger partial charge in [-0.1, -0.05) is 13.3 Å². The van der Waals surface area contributed by atoms with E-state index in [2.05, 4.69) is 0 Å². The van der Waals surface area contributed by atoms with Gasteiger partial charge in [0.25, 0.3) is 0 Å². The fraction of sp³-hybridized carbons (Fsp3) is 0.318. The number of ether oxygens (including phenoxy) is 2. The van der Waals surface area contributed by atoms with Gasteiger partial charge in [0, 0.05) is 29.3 Å². The molecule has 160 valence electrons. The molecule has 0 bridgehead atoms. The number of aromatic hydroxyl groups is 2. The van der Waals surface area contributed by atoms with Crippen molar-refractivity contribution in [3.05, 3.63) is 46.1 Å². The fourth-order valence-corrected chi connectivity index (χ4v) is 3.22. The number of aliphatic hydroxyl groups excluding tert-OH is 2. The monoisotopic (exact) mass is 416 g/mol. The largest absolute Gasteiger partial charge is 0.507 e. The lowest BCUT2D eigenvalue weighted by Crippen LogP contribution is -2.21. The second kappa shape index (κ2) is 9.06. The summed E-state index contributed by atoms with van der Waals surface area (Å²) in [5, 5.41) is 39.1. The second-order valence-corrected chi connectivity index (χ2v) is 6.83. The Morgan fingerprint density at radius 2 is 1.93 bits per heavy atom. The van der Waals surface area contributed by atoms with Crippen LogP contribution in [0.3, 0.4) is 0 Å². The Morgan fingerprint density at radius 3 is 2.60 bits per heavy atom. The number of phenolic OH excluding ortho intramolecular Hbond substituents is 2. The Bertz CT molecular complexity index is 1100. The molecule has 0 saturated carbocycles. The highest BCUT2D eigenvalue weighted by Gasteiger charge is 2.19. The van der Waals surface area contributed by atoms with Gasteiger partial charge in [0.05, 0.1) is 13.7 Å². The van der Waals surface area contributed by atoms with Crippen molar-refractivity contribution in [2.45, 2.75) is 25.9 Å². The maximum atomic E-state index is 12.7. The number of benzene rings is 2. The highest BCUT2D eigenvalue weighted by molar-refractivity contribution is 5.86. The van der Waals surface area contributed by atoms with Gasteiger partial charge < -0.3 is 34.3 Å². The third-order valence-electron chi connectivity index (χ3n) is 4.67. The Morgan fingerprint density at radius 1 is 1.17 bits per heavy atom. The van der Waals surface area contributed by atoms with E-state index in [9.17, 15) is 20.1 Å². The number of aliphatic hydroxyl groups is 2. The van der Waals surface area contributed by atoms with Gasteiger partial charge in [0.2, 0.25) is 0 Å². The Balaban J connectivity index is 2.14. The van der Waals surface area contributed by atoms with E-state index in [-0.39, 0.29) is 40.6 Å². The minimum absolute atomic E-state index is 0.0106. The van der Waals surface area contributed by atoms with Crippen LogP contribution in [0.5, 0.6) is 23.0 Å². The van der Waals surface area contributed by atoms with Crippen LogP contribution in [0.2, 0.25) is 0 Å². The summed E-state index contributed by atoms with van der Waals surface area (Å²) in [4.78, 5) is 12.7. The molecule has 2 aromatic carbocycles. The minimum Gasteiger partial charge on any atom is -0.507 e. The molecule has 0 saturated heterocycles. The first-order valence-electron chi connectivity index (χ1n) is 9.51. The normalized spacial score (nSPS) is 12.1. The number of methoxy groups -OCH3 is 1. The molecule has 0 unspecified atom stereocenters. The zero-order valence-corrected chi connectivity index (χ0v) is 16.7. The maximum absolute atomic E-state index is 12.7. The summed E-state index contributed by atoms with van der Waals surface area (Å²) in [7, 11) is 1.46. The lowest BCUT2D eigenvalue weighted by atomic mass is 9.98. The predicted molar refractivity (Wildman–Crippen MR) is 110 cm³/mol. The van der Waals surface area contributed by atoms with Crippen molar-refractivity contribution in [1.29, 1.82) is 0 Å². The van der Waals surface area contributed by atoms with E-state index in [0.717, 1.165) is 6.42 Å². The van der Waals surface area contributed by atoms with Crippen LogP contribution < -0.4 is 14.9 Å². The molecule has 30 heavy (non-hydrogen) atoms. The number of hydrogen-bond donors (Lipinski definition) is 4. The minimum atomic E-state index is -1.08. The third-order valence-corrected chi connectivity index (χ3v) is 4.67. The Labute approximate surface area is 172 Å².